The molecule has 4 heteroatoms. The van der Waals surface area contributed by atoms with Gasteiger partial charge in [0, 0.05) is 31.7 Å². The summed E-state index contributed by atoms with van der Waals surface area (Å²) >= 11 is 6.15. The van der Waals surface area contributed by atoms with E-state index in [-0.39, 0.29) is 0 Å². The van der Waals surface area contributed by atoms with Gasteiger partial charge >= 0.3 is 0 Å². The van der Waals surface area contributed by atoms with Crippen molar-refractivity contribution in [1.82, 2.24) is 4.90 Å². The summed E-state index contributed by atoms with van der Waals surface area (Å²) in [4.78, 5) is 4.67. The number of hydrogen-bond acceptors (Lipinski definition) is 3. The number of benzene rings is 1. The summed E-state index contributed by atoms with van der Waals surface area (Å²) in [6.07, 6.45) is 3.70. The maximum absolute atomic E-state index is 6.15. The molecule has 1 fully saturated rings. The standard InChI is InChI=1S/C16H26ClN3/c1-4-20-10-5-6-14(9-11-20)18-15-12-13(17)7-8-16(15)19(2)3/h7-8,12,14,18H,4-6,9-11H2,1-3H3. The van der Waals surface area contributed by atoms with Gasteiger partial charge in [0.05, 0.1) is 11.4 Å². The molecule has 3 nitrogen and oxygen atoms in total. The van der Waals surface area contributed by atoms with Crippen molar-refractivity contribution >= 4 is 23.0 Å². The van der Waals surface area contributed by atoms with Gasteiger partial charge in [-0.2, -0.15) is 0 Å². The van der Waals surface area contributed by atoms with E-state index in [1.807, 2.05) is 12.1 Å². The first-order valence-corrected chi connectivity index (χ1v) is 7.93. The molecule has 0 spiro atoms. The number of hydrogen-bond donors (Lipinski definition) is 1. The van der Waals surface area contributed by atoms with Crippen LogP contribution in [0.2, 0.25) is 5.02 Å². The van der Waals surface area contributed by atoms with Crippen LogP contribution in [0.4, 0.5) is 11.4 Å². The first kappa shape index (κ1) is 15.5. The van der Waals surface area contributed by atoms with Crippen molar-refractivity contribution in [3.63, 3.8) is 0 Å². The van der Waals surface area contributed by atoms with Crippen LogP contribution >= 0.6 is 11.6 Å². The average Bonchev–Trinajstić information content (AvgIpc) is 2.63. The zero-order chi connectivity index (χ0) is 14.5. The minimum Gasteiger partial charge on any atom is -0.381 e. The highest BCUT2D eigenvalue weighted by atomic mass is 35.5. The lowest BCUT2D eigenvalue weighted by molar-refractivity contribution is 0.300. The Labute approximate surface area is 127 Å². The van der Waals surface area contributed by atoms with E-state index in [2.05, 4.69) is 42.2 Å². The molecule has 1 saturated heterocycles. The smallest absolute Gasteiger partial charge is 0.0597 e. The molecule has 0 radical (unpaired) electrons. The summed E-state index contributed by atoms with van der Waals surface area (Å²) in [5, 5.41) is 4.50. The number of nitrogens with one attached hydrogen (secondary N) is 1. The largest absolute Gasteiger partial charge is 0.381 e. The molecule has 1 aliphatic heterocycles. The summed E-state index contributed by atoms with van der Waals surface area (Å²) in [5.41, 5.74) is 2.35. The van der Waals surface area contributed by atoms with Gasteiger partial charge in [-0.25, -0.2) is 0 Å². The fourth-order valence-electron chi connectivity index (χ4n) is 2.85. The minimum absolute atomic E-state index is 0.545. The van der Waals surface area contributed by atoms with Crippen LogP contribution in [0.15, 0.2) is 18.2 Å². The molecule has 2 rings (SSSR count). The monoisotopic (exact) mass is 295 g/mol. The summed E-state index contributed by atoms with van der Waals surface area (Å²) in [7, 11) is 4.14. The molecular formula is C16H26ClN3. The minimum atomic E-state index is 0.545. The highest BCUT2D eigenvalue weighted by Crippen LogP contribution is 2.29. The Bertz CT molecular complexity index is 434. The molecule has 0 aliphatic carbocycles. The molecule has 0 bridgehead atoms. The maximum atomic E-state index is 6.15. The van der Waals surface area contributed by atoms with Gasteiger partial charge in [0.15, 0.2) is 0 Å². The quantitative estimate of drug-likeness (QED) is 0.914. The zero-order valence-electron chi connectivity index (χ0n) is 12.8. The Morgan fingerprint density at radius 3 is 2.80 bits per heavy atom. The number of halogens is 1. The van der Waals surface area contributed by atoms with E-state index >= 15 is 0 Å². The molecule has 20 heavy (non-hydrogen) atoms. The van der Waals surface area contributed by atoms with Crippen molar-refractivity contribution in [2.24, 2.45) is 0 Å². The topological polar surface area (TPSA) is 18.5 Å². The maximum Gasteiger partial charge on any atom is 0.0597 e. The van der Waals surface area contributed by atoms with E-state index in [1.165, 1.54) is 38.0 Å². The van der Waals surface area contributed by atoms with Gasteiger partial charge < -0.3 is 15.1 Å². The van der Waals surface area contributed by atoms with Gasteiger partial charge in [0.25, 0.3) is 0 Å². The summed E-state index contributed by atoms with van der Waals surface area (Å²) < 4.78 is 0. The van der Waals surface area contributed by atoms with Gasteiger partial charge in [0.1, 0.15) is 0 Å². The van der Waals surface area contributed by atoms with Crippen molar-refractivity contribution in [3.05, 3.63) is 23.2 Å². The predicted octanol–water partition coefficient (Wildman–Crippen LogP) is 3.69. The molecule has 0 saturated carbocycles. The van der Waals surface area contributed by atoms with Crippen LogP contribution in [0.3, 0.4) is 0 Å². The van der Waals surface area contributed by atoms with Crippen molar-refractivity contribution in [2.75, 3.05) is 43.9 Å². The van der Waals surface area contributed by atoms with E-state index in [0.717, 1.165) is 17.3 Å². The van der Waals surface area contributed by atoms with Crippen molar-refractivity contribution in [1.29, 1.82) is 0 Å². The molecule has 1 atom stereocenters. The molecule has 112 valence electrons. The lowest BCUT2D eigenvalue weighted by Crippen LogP contribution is -2.26. The SMILES string of the molecule is CCN1CCCC(Nc2cc(Cl)ccc2N(C)C)CC1. The summed E-state index contributed by atoms with van der Waals surface area (Å²) in [6.45, 7) is 5.82. The van der Waals surface area contributed by atoms with Gasteiger partial charge in [-0.05, 0) is 50.6 Å². The van der Waals surface area contributed by atoms with Crippen molar-refractivity contribution < 1.29 is 0 Å². The highest BCUT2D eigenvalue weighted by Gasteiger charge is 2.17. The highest BCUT2D eigenvalue weighted by molar-refractivity contribution is 6.31. The van der Waals surface area contributed by atoms with E-state index in [9.17, 15) is 0 Å². The van der Waals surface area contributed by atoms with Crippen molar-refractivity contribution in [3.8, 4) is 0 Å². The van der Waals surface area contributed by atoms with Crippen LogP contribution in [0.5, 0.6) is 0 Å². The molecule has 0 amide bonds. The lowest BCUT2D eigenvalue weighted by atomic mass is 10.1. The second-order valence-corrected chi connectivity index (χ2v) is 6.20. The van der Waals surface area contributed by atoms with Crippen LogP contribution in [-0.2, 0) is 0 Å². The van der Waals surface area contributed by atoms with E-state index in [4.69, 9.17) is 11.6 Å². The van der Waals surface area contributed by atoms with Crippen LogP contribution < -0.4 is 10.2 Å². The fourth-order valence-corrected chi connectivity index (χ4v) is 3.02. The van der Waals surface area contributed by atoms with Gasteiger partial charge in [-0.1, -0.05) is 18.5 Å². The zero-order valence-corrected chi connectivity index (χ0v) is 13.6. The molecule has 1 heterocycles. The first-order valence-electron chi connectivity index (χ1n) is 7.56. The fraction of sp³-hybridized carbons (Fsp3) is 0.625. The Morgan fingerprint density at radius 1 is 1.30 bits per heavy atom. The molecule has 1 aliphatic rings. The Morgan fingerprint density at radius 2 is 2.10 bits per heavy atom. The van der Waals surface area contributed by atoms with Gasteiger partial charge in [0.2, 0.25) is 0 Å². The number of likely N-dealkylation sites (tertiary alicyclic amines) is 1. The van der Waals surface area contributed by atoms with Crippen LogP contribution in [0.1, 0.15) is 26.2 Å². The van der Waals surface area contributed by atoms with Gasteiger partial charge in [-0.15, -0.1) is 0 Å². The third-order valence-corrected chi connectivity index (χ3v) is 4.30. The van der Waals surface area contributed by atoms with Crippen LogP contribution in [0, 0.1) is 0 Å². The Hall–Kier alpha value is -0.930. The number of anilines is 2. The molecule has 1 unspecified atom stereocenters. The third kappa shape index (κ3) is 4.03. The van der Waals surface area contributed by atoms with Gasteiger partial charge in [-0.3, -0.25) is 0 Å². The van der Waals surface area contributed by atoms with Crippen molar-refractivity contribution in [2.45, 2.75) is 32.2 Å². The normalized spacial score (nSPS) is 20.5. The Balaban J connectivity index is 2.07. The number of rotatable bonds is 4. The molecule has 0 aromatic heterocycles. The second-order valence-electron chi connectivity index (χ2n) is 5.76. The van der Waals surface area contributed by atoms with Crippen LogP contribution in [-0.4, -0.2) is 44.7 Å². The number of nitrogens with zero attached hydrogens (tertiary/aromatic N) is 2. The Kier molecular flexibility index (Phi) is 5.55. The molecule has 1 aromatic carbocycles. The van der Waals surface area contributed by atoms with Crippen LogP contribution in [0.25, 0.3) is 0 Å². The second kappa shape index (κ2) is 7.19. The third-order valence-electron chi connectivity index (χ3n) is 4.07. The van der Waals surface area contributed by atoms with E-state index in [1.54, 1.807) is 0 Å². The summed E-state index contributed by atoms with van der Waals surface area (Å²) in [5.74, 6) is 0. The van der Waals surface area contributed by atoms with E-state index in [0.29, 0.717) is 6.04 Å². The molecule has 1 aromatic rings. The van der Waals surface area contributed by atoms with E-state index < -0.39 is 0 Å². The molecular weight excluding hydrogens is 270 g/mol. The average molecular weight is 296 g/mol. The molecule has 1 N–H and O–H groups in total. The predicted molar refractivity (Wildman–Crippen MR) is 89.2 cm³/mol. The summed E-state index contributed by atoms with van der Waals surface area (Å²) in [6, 6.07) is 6.62. The first-order chi connectivity index (χ1) is 9.60. The lowest BCUT2D eigenvalue weighted by Gasteiger charge is -2.24.